The fourth-order valence-electron chi connectivity index (χ4n) is 2.82. The average Bonchev–Trinajstić information content (AvgIpc) is 2.99. The summed E-state index contributed by atoms with van der Waals surface area (Å²) >= 11 is 3.22. The van der Waals surface area contributed by atoms with Crippen molar-refractivity contribution in [2.75, 3.05) is 0 Å². The highest BCUT2D eigenvalue weighted by atomic mass is 79.9. The van der Waals surface area contributed by atoms with Gasteiger partial charge in [-0.3, -0.25) is 9.89 Å². The van der Waals surface area contributed by atoms with Crippen LogP contribution in [0.4, 0.5) is 8.78 Å². The van der Waals surface area contributed by atoms with Gasteiger partial charge < -0.3 is 0 Å². The Balaban J connectivity index is 2.19. The van der Waals surface area contributed by atoms with Gasteiger partial charge in [-0.1, -0.05) is 6.92 Å². The third-order valence-corrected chi connectivity index (χ3v) is 5.86. The van der Waals surface area contributed by atoms with Crippen molar-refractivity contribution < 1.29 is 22.0 Å². The molecule has 7 nitrogen and oxygen atoms in total. The van der Waals surface area contributed by atoms with Gasteiger partial charge in [-0.2, -0.15) is 5.10 Å². The Kier molecular flexibility index (Phi) is 5.10. The monoisotopic (exact) mass is 458 g/mol. The SMILES string of the molecule is CCC(c1c(F)ccc(C(=O)c2[nH]nc3ncc(Br)cc23)c1F)S(N)(=O)=O. The van der Waals surface area contributed by atoms with Gasteiger partial charge in [0.25, 0.3) is 0 Å². The van der Waals surface area contributed by atoms with Crippen LogP contribution in [0.15, 0.2) is 28.9 Å². The molecule has 0 saturated carbocycles. The summed E-state index contributed by atoms with van der Waals surface area (Å²) in [5.41, 5.74) is -1.08. The van der Waals surface area contributed by atoms with E-state index in [0.717, 1.165) is 12.1 Å². The quantitative estimate of drug-likeness (QED) is 0.569. The van der Waals surface area contributed by atoms with Crippen LogP contribution < -0.4 is 5.14 Å². The Morgan fingerprint density at radius 3 is 2.70 bits per heavy atom. The molecule has 3 aromatic rings. The third kappa shape index (κ3) is 3.49. The molecule has 0 bridgehead atoms. The summed E-state index contributed by atoms with van der Waals surface area (Å²) in [6, 6.07) is 3.36. The number of ketones is 1. The Hall–Kier alpha value is -2.24. The number of sulfonamides is 1. The highest BCUT2D eigenvalue weighted by Gasteiger charge is 2.31. The topological polar surface area (TPSA) is 119 Å². The maximum Gasteiger partial charge on any atom is 0.216 e. The lowest BCUT2D eigenvalue weighted by atomic mass is 9.99. The van der Waals surface area contributed by atoms with Gasteiger partial charge in [0, 0.05) is 16.2 Å². The molecule has 0 fully saturated rings. The van der Waals surface area contributed by atoms with Crippen LogP contribution in [-0.2, 0) is 10.0 Å². The van der Waals surface area contributed by atoms with Crippen LogP contribution in [0, 0.1) is 11.6 Å². The molecule has 142 valence electrons. The van der Waals surface area contributed by atoms with E-state index in [2.05, 4.69) is 31.1 Å². The van der Waals surface area contributed by atoms with Crippen molar-refractivity contribution in [2.45, 2.75) is 18.6 Å². The first-order valence-corrected chi connectivity index (χ1v) is 10.1. The number of hydrogen-bond donors (Lipinski definition) is 2. The summed E-state index contributed by atoms with van der Waals surface area (Å²) in [5.74, 6) is -3.18. The molecule has 0 aliphatic heterocycles. The minimum Gasteiger partial charge on any atom is -0.287 e. The van der Waals surface area contributed by atoms with E-state index in [0.29, 0.717) is 9.86 Å². The van der Waals surface area contributed by atoms with Gasteiger partial charge in [-0.15, -0.1) is 0 Å². The zero-order valence-electron chi connectivity index (χ0n) is 13.8. The molecule has 0 aliphatic rings. The lowest BCUT2D eigenvalue weighted by Gasteiger charge is -2.16. The van der Waals surface area contributed by atoms with E-state index in [1.165, 1.54) is 13.1 Å². The highest BCUT2D eigenvalue weighted by molar-refractivity contribution is 9.10. The molecule has 2 aromatic heterocycles. The van der Waals surface area contributed by atoms with Crippen molar-refractivity contribution in [3.8, 4) is 0 Å². The van der Waals surface area contributed by atoms with Crippen molar-refractivity contribution in [1.29, 1.82) is 0 Å². The number of fused-ring (bicyclic) bond motifs is 1. The van der Waals surface area contributed by atoms with Crippen molar-refractivity contribution in [3.63, 3.8) is 0 Å². The average molecular weight is 459 g/mol. The maximum absolute atomic E-state index is 15.0. The molecule has 2 heterocycles. The molecular formula is C16H13BrF2N4O3S. The summed E-state index contributed by atoms with van der Waals surface area (Å²) in [7, 11) is -4.28. The predicted molar refractivity (Wildman–Crippen MR) is 97.5 cm³/mol. The van der Waals surface area contributed by atoms with Crippen molar-refractivity contribution in [2.24, 2.45) is 5.14 Å². The van der Waals surface area contributed by atoms with Gasteiger partial charge in [0.05, 0.1) is 10.9 Å². The fraction of sp³-hybridized carbons (Fsp3) is 0.188. The second-order valence-electron chi connectivity index (χ2n) is 5.76. The van der Waals surface area contributed by atoms with E-state index in [9.17, 15) is 22.0 Å². The van der Waals surface area contributed by atoms with Crippen molar-refractivity contribution in [3.05, 3.63) is 57.3 Å². The second kappa shape index (κ2) is 7.06. The molecule has 0 amide bonds. The molecule has 1 atom stereocenters. The zero-order valence-corrected chi connectivity index (χ0v) is 16.2. The van der Waals surface area contributed by atoms with Gasteiger partial charge in [-0.25, -0.2) is 27.3 Å². The lowest BCUT2D eigenvalue weighted by molar-refractivity contribution is 0.103. The van der Waals surface area contributed by atoms with Gasteiger partial charge in [0.1, 0.15) is 22.6 Å². The molecular weight excluding hydrogens is 446 g/mol. The van der Waals surface area contributed by atoms with Gasteiger partial charge in [0.2, 0.25) is 15.8 Å². The summed E-state index contributed by atoms with van der Waals surface area (Å²) in [4.78, 5) is 16.8. The number of halogens is 3. The Labute approximate surface area is 161 Å². The number of pyridine rings is 1. The maximum atomic E-state index is 15.0. The third-order valence-electron chi connectivity index (χ3n) is 4.06. The first-order valence-electron chi connectivity index (χ1n) is 7.69. The standard InChI is InChI=1S/C16H13BrF2N4O3S/c1-2-11(27(20,25)26)12-10(18)4-3-8(13(12)19)15(24)14-9-5-7(17)6-21-16(9)23-22-14/h3-6,11H,2H2,1H3,(H2,20,25,26)(H,21,22,23). The van der Waals surface area contributed by atoms with Crippen LogP contribution in [0.1, 0.15) is 40.2 Å². The van der Waals surface area contributed by atoms with Crippen LogP contribution in [0.3, 0.4) is 0 Å². The molecule has 3 N–H and O–H groups in total. The number of benzene rings is 1. The number of carbonyl (C=O) groups excluding carboxylic acids is 1. The number of aromatic amines is 1. The minimum absolute atomic E-state index is 0.0566. The molecule has 27 heavy (non-hydrogen) atoms. The number of nitrogens with one attached hydrogen (secondary N) is 1. The molecule has 1 unspecified atom stereocenters. The molecule has 0 radical (unpaired) electrons. The lowest BCUT2D eigenvalue weighted by Crippen LogP contribution is -2.24. The number of rotatable bonds is 5. The first-order chi connectivity index (χ1) is 12.6. The second-order valence-corrected chi connectivity index (χ2v) is 8.42. The Morgan fingerprint density at radius 1 is 1.37 bits per heavy atom. The van der Waals surface area contributed by atoms with Crippen LogP contribution in [0.2, 0.25) is 0 Å². The Morgan fingerprint density at radius 2 is 2.07 bits per heavy atom. The largest absolute Gasteiger partial charge is 0.287 e. The van der Waals surface area contributed by atoms with Crippen LogP contribution in [0.25, 0.3) is 11.0 Å². The summed E-state index contributed by atoms with van der Waals surface area (Å²) < 4.78 is 53.2. The van der Waals surface area contributed by atoms with E-state index in [-0.39, 0.29) is 17.8 Å². The number of nitrogens with zero attached hydrogens (tertiary/aromatic N) is 2. The number of H-pyrrole nitrogens is 1. The van der Waals surface area contributed by atoms with E-state index in [1.54, 1.807) is 6.07 Å². The normalized spacial score (nSPS) is 13.1. The van der Waals surface area contributed by atoms with E-state index >= 15 is 0 Å². The molecule has 0 saturated heterocycles. The zero-order chi connectivity index (χ0) is 19.9. The molecule has 11 heteroatoms. The molecule has 3 rings (SSSR count). The molecule has 1 aromatic carbocycles. The van der Waals surface area contributed by atoms with Crippen molar-refractivity contribution >= 4 is 42.8 Å². The van der Waals surface area contributed by atoms with Gasteiger partial charge >= 0.3 is 0 Å². The van der Waals surface area contributed by atoms with E-state index < -0.39 is 43.8 Å². The number of carbonyl (C=O) groups is 1. The number of primary sulfonamides is 1. The van der Waals surface area contributed by atoms with E-state index in [4.69, 9.17) is 5.14 Å². The van der Waals surface area contributed by atoms with Crippen LogP contribution in [0.5, 0.6) is 0 Å². The highest BCUT2D eigenvalue weighted by Crippen LogP contribution is 2.32. The number of hydrogen-bond acceptors (Lipinski definition) is 5. The van der Waals surface area contributed by atoms with Crippen LogP contribution in [-0.4, -0.2) is 29.4 Å². The van der Waals surface area contributed by atoms with Gasteiger partial charge in [0.15, 0.2) is 5.65 Å². The number of aromatic nitrogens is 3. The summed E-state index contributed by atoms with van der Waals surface area (Å²) in [5, 5.41) is 10.2. The van der Waals surface area contributed by atoms with Crippen LogP contribution >= 0.6 is 15.9 Å². The van der Waals surface area contributed by atoms with Gasteiger partial charge in [-0.05, 0) is 40.5 Å². The fourth-order valence-corrected chi connectivity index (χ4v) is 4.16. The molecule has 0 spiro atoms. The predicted octanol–water partition coefficient (Wildman–Crippen LogP) is 2.97. The smallest absolute Gasteiger partial charge is 0.216 e. The summed E-state index contributed by atoms with van der Waals surface area (Å²) in [6.07, 6.45) is 1.32. The minimum atomic E-state index is -4.28. The summed E-state index contributed by atoms with van der Waals surface area (Å²) in [6.45, 7) is 1.42. The van der Waals surface area contributed by atoms with Crippen molar-refractivity contribution in [1.82, 2.24) is 15.2 Å². The molecule has 0 aliphatic carbocycles. The van der Waals surface area contributed by atoms with E-state index in [1.807, 2.05) is 0 Å². The first kappa shape index (κ1) is 19.5. The number of nitrogens with two attached hydrogens (primary N) is 1. The Bertz CT molecular complexity index is 1160.